The lowest BCUT2D eigenvalue weighted by atomic mass is 9.70. The molecule has 2 aliphatic rings. The molecule has 1 aromatic carbocycles. The average Bonchev–Trinajstić information content (AvgIpc) is 2.35. The maximum absolute atomic E-state index is 11.6. The van der Waals surface area contributed by atoms with Crippen LogP contribution in [0.1, 0.15) is 42.7 Å². The van der Waals surface area contributed by atoms with Gasteiger partial charge in [-0.05, 0) is 42.9 Å². The van der Waals surface area contributed by atoms with Crippen LogP contribution >= 0.6 is 0 Å². The number of benzene rings is 1. The van der Waals surface area contributed by atoms with Gasteiger partial charge in [-0.15, -0.1) is 0 Å². The molecule has 3 heteroatoms. The van der Waals surface area contributed by atoms with Gasteiger partial charge in [0.1, 0.15) is 0 Å². The Hall–Kier alpha value is -1.51. The first-order valence-corrected chi connectivity index (χ1v) is 6.76. The topological polar surface area (TPSA) is 49.3 Å². The normalized spacial score (nSPS) is 29.9. The van der Waals surface area contributed by atoms with Crippen molar-refractivity contribution in [3.63, 3.8) is 0 Å². The second-order valence-corrected chi connectivity index (χ2v) is 5.61. The Bertz CT molecular complexity index is 483. The molecular formula is C15H19NO2. The fourth-order valence-electron chi connectivity index (χ4n) is 3.55. The zero-order valence-corrected chi connectivity index (χ0v) is 10.6. The van der Waals surface area contributed by atoms with Crippen molar-refractivity contribution in [1.82, 2.24) is 0 Å². The molecule has 0 amide bonds. The number of fused-ring (bicyclic) bond motifs is 2. The lowest BCUT2D eigenvalue weighted by Gasteiger charge is -2.41. The zero-order valence-electron chi connectivity index (χ0n) is 10.6. The molecule has 0 saturated heterocycles. The van der Waals surface area contributed by atoms with Crippen molar-refractivity contribution in [3.05, 3.63) is 29.3 Å². The monoisotopic (exact) mass is 245 g/mol. The summed E-state index contributed by atoms with van der Waals surface area (Å²) in [7, 11) is 0. The van der Waals surface area contributed by atoms with Crippen LogP contribution in [0.5, 0.6) is 0 Å². The van der Waals surface area contributed by atoms with E-state index in [-0.39, 0.29) is 11.8 Å². The van der Waals surface area contributed by atoms with Crippen LogP contribution in [0.4, 0.5) is 5.69 Å². The van der Waals surface area contributed by atoms with Gasteiger partial charge in [0.05, 0.1) is 5.92 Å². The number of aryl methyl sites for hydroxylation is 1. The smallest absolute Gasteiger partial charge is 0.311 e. The van der Waals surface area contributed by atoms with Gasteiger partial charge in [-0.3, -0.25) is 4.79 Å². The van der Waals surface area contributed by atoms with Crippen molar-refractivity contribution in [2.45, 2.75) is 44.6 Å². The van der Waals surface area contributed by atoms with E-state index < -0.39 is 5.97 Å². The highest BCUT2D eigenvalue weighted by molar-refractivity contribution is 5.81. The lowest BCUT2D eigenvalue weighted by molar-refractivity contribution is -0.140. The molecule has 0 radical (unpaired) electrons. The van der Waals surface area contributed by atoms with Gasteiger partial charge >= 0.3 is 5.97 Å². The Morgan fingerprint density at radius 3 is 2.89 bits per heavy atom. The quantitative estimate of drug-likeness (QED) is 0.799. The average molecular weight is 245 g/mol. The largest absolute Gasteiger partial charge is 0.481 e. The molecule has 0 spiro atoms. The Morgan fingerprint density at radius 1 is 1.33 bits per heavy atom. The van der Waals surface area contributed by atoms with Crippen LogP contribution in [0.25, 0.3) is 0 Å². The van der Waals surface area contributed by atoms with Crippen LogP contribution in [-0.4, -0.2) is 17.1 Å². The number of anilines is 1. The van der Waals surface area contributed by atoms with Crippen LogP contribution in [0.2, 0.25) is 0 Å². The minimum absolute atomic E-state index is 0.256. The number of hydrogen-bond acceptors (Lipinski definition) is 2. The van der Waals surface area contributed by atoms with E-state index >= 15 is 0 Å². The molecule has 3 rings (SSSR count). The van der Waals surface area contributed by atoms with Crippen molar-refractivity contribution >= 4 is 11.7 Å². The van der Waals surface area contributed by atoms with Crippen molar-refractivity contribution in [1.29, 1.82) is 0 Å². The van der Waals surface area contributed by atoms with Crippen LogP contribution in [0.3, 0.4) is 0 Å². The van der Waals surface area contributed by atoms with Gasteiger partial charge in [0.15, 0.2) is 0 Å². The molecule has 18 heavy (non-hydrogen) atoms. The molecule has 3 atom stereocenters. The maximum atomic E-state index is 11.6. The molecule has 0 bridgehead atoms. The summed E-state index contributed by atoms with van der Waals surface area (Å²) in [5.74, 6) is -0.739. The van der Waals surface area contributed by atoms with Gasteiger partial charge in [-0.25, -0.2) is 0 Å². The molecule has 2 N–H and O–H groups in total. The minimum Gasteiger partial charge on any atom is -0.481 e. The van der Waals surface area contributed by atoms with Crippen LogP contribution in [0.15, 0.2) is 18.2 Å². The van der Waals surface area contributed by atoms with Crippen LogP contribution < -0.4 is 5.32 Å². The highest BCUT2D eigenvalue weighted by Crippen LogP contribution is 2.44. The van der Waals surface area contributed by atoms with E-state index in [1.54, 1.807) is 0 Å². The SMILES string of the molecule is Cc1ccc2c(c1)NC1CCCCC1C2C(=O)O. The van der Waals surface area contributed by atoms with Gasteiger partial charge in [-0.1, -0.05) is 25.0 Å². The van der Waals surface area contributed by atoms with E-state index in [9.17, 15) is 9.90 Å². The zero-order chi connectivity index (χ0) is 12.7. The summed E-state index contributed by atoms with van der Waals surface area (Å²) in [6.45, 7) is 2.05. The summed E-state index contributed by atoms with van der Waals surface area (Å²) in [5, 5.41) is 13.1. The minimum atomic E-state index is -0.668. The Labute approximate surface area is 107 Å². The second-order valence-electron chi connectivity index (χ2n) is 5.61. The van der Waals surface area contributed by atoms with Crippen molar-refractivity contribution in [2.24, 2.45) is 5.92 Å². The first kappa shape index (κ1) is 11.6. The van der Waals surface area contributed by atoms with Gasteiger partial charge in [-0.2, -0.15) is 0 Å². The standard InChI is InChI=1S/C15H19NO2/c1-9-6-7-11-13(8-9)16-12-5-3-2-4-10(12)14(11)15(17)18/h6-8,10,12,14,16H,2-5H2,1H3,(H,17,18). The molecule has 1 heterocycles. The van der Waals surface area contributed by atoms with Gasteiger partial charge in [0, 0.05) is 11.7 Å². The summed E-state index contributed by atoms with van der Waals surface area (Å²) in [6, 6.07) is 6.42. The summed E-state index contributed by atoms with van der Waals surface area (Å²) < 4.78 is 0. The molecule has 3 unspecified atom stereocenters. The molecule has 1 aliphatic heterocycles. The van der Waals surface area contributed by atoms with Gasteiger partial charge < -0.3 is 10.4 Å². The van der Waals surface area contributed by atoms with E-state index in [0.29, 0.717) is 6.04 Å². The molecular weight excluding hydrogens is 226 g/mol. The van der Waals surface area contributed by atoms with E-state index in [2.05, 4.69) is 11.4 Å². The molecule has 3 nitrogen and oxygen atoms in total. The van der Waals surface area contributed by atoms with E-state index in [0.717, 1.165) is 30.5 Å². The second kappa shape index (κ2) is 4.30. The molecule has 1 saturated carbocycles. The van der Waals surface area contributed by atoms with Crippen molar-refractivity contribution < 1.29 is 9.90 Å². The Kier molecular flexibility index (Phi) is 2.77. The third-order valence-electron chi connectivity index (χ3n) is 4.40. The van der Waals surface area contributed by atoms with Crippen molar-refractivity contribution in [2.75, 3.05) is 5.32 Å². The first-order valence-electron chi connectivity index (χ1n) is 6.76. The highest BCUT2D eigenvalue weighted by Gasteiger charge is 2.41. The summed E-state index contributed by atoms with van der Waals surface area (Å²) >= 11 is 0. The number of rotatable bonds is 1. The van der Waals surface area contributed by atoms with Crippen molar-refractivity contribution in [3.8, 4) is 0 Å². The molecule has 0 aromatic heterocycles. The number of nitrogens with one attached hydrogen (secondary N) is 1. The Balaban J connectivity index is 2.06. The number of aliphatic carboxylic acids is 1. The predicted octanol–water partition coefficient (Wildman–Crippen LogP) is 3.15. The third-order valence-corrected chi connectivity index (χ3v) is 4.40. The maximum Gasteiger partial charge on any atom is 0.311 e. The Morgan fingerprint density at radius 2 is 2.11 bits per heavy atom. The predicted molar refractivity (Wildman–Crippen MR) is 70.9 cm³/mol. The van der Waals surface area contributed by atoms with E-state index in [4.69, 9.17) is 0 Å². The third kappa shape index (κ3) is 1.78. The number of hydrogen-bond donors (Lipinski definition) is 2. The van der Waals surface area contributed by atoms with E-state index in [1.165, 1.54) is 12.0 Å². The van der Waals surface area contributed by atoms with Crippen LogP contribution in [0, 0.1) is 12.8 Å². The number of carbonyl (C=O) groups is 1. The summed E-state index contributed by atoms with van der Waals surface area (Å²) in [5.41, 5.74) is 3.18. The number of carboxylic acid groups (broad SMARTS) is 1. The lowest BCUT2D eigenvalue weighted by Crippen LogP contribution is -2.42. The summed E-state index contributed by atoms with van der Waals surface area (Å²) in [6.07, 6.45) is 4.50. The molecule has 96 valence electrons. The van der Waals surface area contributed by atoms with Gasteiger partial charge in [0.2, 0.25) is 0 Å². The molecule has 1 fully saturated rings. The number of carboxylic acids is 1. The van der Waals surface area contributed by atoms with E-state index in [1.807, 2.05) is 19.1 Å². The summed E-state index contributed by atoms with van der Waals surface area (Å²) in [4.78, 5) is 11.6. The fraction of sp³-hybridized carbons (Fsp3) is 0.533. The molecule has 1 aromatic rings. The fourth-order valence-corrected chi connectivity index (χ4v) is 3.55. The highest BCUT2D eigenvalue weighted by atomic mass is 16.4. The van der Waals surface area contributed by atoms with Gasteiger partial charge in [0.25, 0.3) is 0 Å². The first-order chi connectivity index (χ1) is 8.66. The molecule has 1 aliphatic carbocycles. The van der Waals surface area contributed by atoms with Crippen LogP contribution in [-0.2, 0) is 4.79 Å².